The number of ether oxygens (including phenoxy) is 1. The van der Waals surface area contributed by atoms with Gasteiger partial charge in [-0.2, -0.15) is 0 Å². The van der Waals surface area contributed by atoms with Crippen LogP contribution < -0.4 is 0 Å². The minimum absolute atomic E-state index is 0.0533. The summed E-state index contributed by atoms with van der Waals surface area (Å²) in [6.07, 6.45) is 31.2. The van der Waals surface area contributed by atoms with Crippen molar-refractivity contribution in [3.05, 3.63) is 24.8 Å². The number of unbranched alkanes of at least 4 members (excludes halogenated alkanes) is 17. The molecule has 0 fully saturated rings. The summed E-state index contributed by atoms with van der Waals surface area (Å²) in [5, 5.41) is 9.27. The van der Waals surface area contributed by atoms with E-state index in [-0.39, 0.29) is 13.0 Å². The highest BCUT2D eigenvalue weighted by atomic mass is 16.5. The Bertz CT molecular complexity index is 512. The molecule has 0 aliphatic rings. The van der Waals surface area contributed by atoms with E-state index >= 15 is 0 Å². The van der Waals surface area contributed by atoms with E-state index in [2.05, 4.69) is 25.7 Å². The number of carbonyl (C=O) groups is 2. The molecule has 0 spiro atoms. The first-order valence-corrected chi connectivity index (χ1v) is 14.3. The first-order valence-electron chi connectivity index (χ1n) is 14.3. The van der Waals surface area contributed by atoms with Crippen molar-refractivity contribution in [2.24, 2.45) is 5.92 Å². The van der Waals surface area contributed by atoms with Gasteiger partial charge in [0, 0.05) is 0 Å². The van der Waals surface area contributed by atoms with Crippen molar-refractivity contribution in [2.45, 2.75) is 142 Å². The molecular formula is C30H54O4. The molecule has 0 aromatic carbocycles. The Hall–Kier alpha value is -1.58. The van der Waals surface area contributed by atoms with Gasteiger partial charge < -0.3 is 9.84 Å². The van der Waals surface area contributed by atoms with Gasteiger partial charge in [-0.3, -0.25) is 9.59 Å². The SMILES string of the molecule is C=CCOC(=O)CC(CCCCC/C=C/CCCCCCCCCCCCCCCC)C(=O)O. The van der Waals surface area contributed by atoms with Crippen LogP contribution >= 0.6 is 0 Å². The first kappa shape index (κ1) is 32.4. The summed E-state index contributed by atoms with van der Waals surface area (Å²) in [5.41, 5.74) is 0. The van der Waals surface area contributed by atoms with E-state index in [0.717, 1.165) is 25.7 Å². The number of allylic oxidation sites excluding steroid dienone is 2. The molecular weight excluding hydrogens is 424 g/mol. The maximum absolute atomic E-state index is 11.6. The Balaban J connectivity index is 3.42. The lowest BCUT2D eigenvalue weighted by molar-refractivity contribution is -0.151. The van der Waals surface area contributed by atoms with Crippen molar-refractivity contribution in [3.8, 4) is 0 Å². The van der Waals surface area contributed by atoms with E-state index in [1.807, 2.05) is 0 Å². The summed E-state index contributed by atoms with van der Waals surface area (Å²) < 4.78 is 4.89. The molecule has 198 valence electrons. The van der Waals surface area contributed by atoms with E-state index < -0.39 is 17.9 Å². The number of carboxylic acid groups (broad SMARTS) is 1. The predicted molar refractivity (Wildman–Crippen MR) is 144 cm³/mol. The van der Waals surface area contributed by atoms with Crippen LogP contribution in [0.1, 0.15) is 142 Å². The lowest BCUT2D eigenvalue weighted by Crippen LogP contribution is -2.19. The van der Waals surface area contributed by atoms with Crippen LogP contribution in [0.4, 0.5) is 0 Å². The van der Waals surface area contributed by atoms with Gasteiger partial charge >= 0.3 is 11.9 Å². The normalized spacial score (nSPS) is 12.1. The quantitative estimate of drug-likeness (QED) is 0.0764. The Morgan fingerprint density at radius 2 is 1.18 bits per heavy atom. The lowest BCUT2D eigenvalue weighted by Gasteiger charge is -2.11. The largest absolute Gasteiger partial charge is 0.481 e. The monoisotopic (exact) mass is 478 g/mol. The molecule has 0 rings (SSSR count). The fraction of sp³-hybridized carbons (Fsp3) is 0.800. The number of hydrogen-bond acceptors (Lipinski definition) is 3. The van der Waals surface area contributed by atoms with E-state index in [4.69, 9.17) is 4.74 Å². The summed E-state index contributed by atoms with van der Waals surface area (Å²) in [6.45, 7) is 5.90. The molecule has 4 nitrogen and oxygen atoms in total. The summed E-state index contributed by atoms with van der Waals surface area (Å²) in [5.74, 6) is -2.02. The van der Waals surface area contributed by atoms with Gasteiger partial charge in [0.15, 0.2) is 0 Å². The molecule has 0 bridgehead atoms. The summed E-state index contributed by atoms with van der Waals surface area (Å²) in [6, 6.07) is 0. The Morgan fingerprint density at radius 1 is 0.735 bits per heavy atom. The number of aliphatic carboxylic acids is 1. The van der Waals surface area contributed by atoms with Gasteiger partial charge in [0.25, 0.3) is 0 Å². The lowest BCUT2D eigenvalue weighted by atomic mass is 9.97. The maximum atomic E-state index is 11.6. The molecule has 4 heteroatoms. The highest BCUT2D eigenvalue weighted by Crippen LogP contribution is 2.16. The molecule has 1 atom stereocenters. The molecule has 0 aliphatic heterocycles. The predicted octanol–water partition coefficient (Wildman–Crippen LogP) is 9.18. The van der Waals surface area contributed by atoms with Crippen molar-refractivity contribution in [1.29, 1.82) is 0 Å². The molecule has 0 amide bonds. The standard InChI is InChI=1S/C30H54O4/c1-3-5-6-7-8-9-10-11-12-13-14-15-16-17-18-19-20-21-22-23-24-25-28(30(32)33)27-29(31)34-26-4-2/h4,19-20,28H,2-3,5-18,21-27H2,1H3,(H,32,33)/b20-19+. The third kappa shape index (κ3) is 23.6. The van der Waals surface area contributed by atoms with Gasteiger partial charge in [0.05, 0.1) is 12.3 Å². The number of carbonyl (C=O) groups excluding carboxylic acids is 1. The molecule has 0 radical (unpaired) electrons. The molecule has 34 heavy (non-hydrogen) atoms. The topological polar surface area (TPSA) is 63.6 Å². The molecule has 0 saturated heterocycles. The number of esters is 1. The van der Waals surface area contributed by atoms with Gasteiger partial charge in [-0.25, -0.2) is 0 Å². The van der Waals surface area contributed by atoms with Crippen LogP contribution in [0, 0.1) is 5.92 Å². The van der Waals surface area contributed by atoms with E-state index in [9.17, 15) is 14.7 Å². The third-order valence-corrected chi connectivity index (χ3v) is 6.44. The summed E-state index contributed by atoms with van der Waals surface area (Å²) in [4.78, 5) is 22.9. The average molecular weight is 479 g/mol. The highest BCUT2D eigenvalue weighted by molar-refractivity contribution is 5.78. The minimum atomic E-state index is -0.913. The molecule has 0 aliphatic carbocycles. The van der Waals surface area contributed by atoms with Crippen molar-refractivity contribution in [3.63, 3.8) is 0 Å². The van der Waals surface area contributed by atoms with Crippen LogP contribution in [0.2, 0.25) is 0 Å². The van der Waals surface area contributed by atoms with E-state index in [0.29, 0.717) is 6.42 Å². The zero-order valence-corrected chi connectivity index (χ0v) is 22.2. The van der Waals surface area contributed by atoms with Gasteiger partial charge in [0.1, 0.15) is 6.61 Å². The van der Waals surface area contributed by atoms with Crippen LogP contribution in [-0.2, 0) is 14.3 Å². The maximum Gasteiger partial charge on any atom is 0.307 e. The summed E-state index contributed by atoms with van der Waals surface area (Å²) in [7, 11) is 0. The minimum Gasteiger partial charge on any atom is -0.481 e. The number of carboxylic acids is 1. The van der Waals surface area contributed by atoms with Crippen LogP contribution in [0.15, 0.2) is 24.8 Å². The van der Waals surface area contributed by atoms with Crippen molar-refractivity contribution >= 4 is 11.9 Å². The van der Waals surface area contributed by atoms with Crippen molar-refractivity contribution in [1.82, 2.24) is 0 Å². The first-order chi connectivity index (χ1) is 16.6. The van der Waals surface area contributed by atoms with Crippen LogP contribution in [0.25, 0.3) is 0 Å². The van der Waals surface area contributed by atoms with E-state index in [1.54, 1.807) is 0 Å². The number of rotatable bonds is 26. The molecule has 1 N–H and O–H groups in total. The van der Waals surface area contributed by atoms with Crippen LogP contribution in [0.5, 0.6) is 0 Å². The Labute approximate surface area is 210 Å². The van der Waals surface area contributed by atoms with Crippen molar-refractivity contribution < 1.29 is 19.4 Å². The van der Waals surface area contributed by atoms with E-state index in [1.165, 1.54) is 102 Å². The molecule has 0 saturated carbocycles. The van der Waals surface area contributed by atoms with Gasteiger partial charge in [-0.1, -0.05) is 128 Å². The molecule has 1 unspecified atom stereocenters. The van der Waals surface area contributed by atoms with Gasteiger partial charge in [0.2, 0.25) is 0 Å². The molecule has 0 aromatic rings. The average Bonchev–Trinajstić information content (AvgIpc) is 2.82. The van der Waals surface area contributed by atoms with Crippen LogP contribution in [-0.4, -0.2) is 23.7 Å². The Kier molecular flexibility index (Phi) is 24.8. The fourth-order valence-corrected chi connectivity index (χ4v) is 4.25. The fourth-order valence-electron chi connectivity index (χ4n) is 4.25. The molecule has 0 heterocycles. The van der Waals surface area contributed by atoms with Crippen LogP contribution in [0.3, 0.4) is 0 Å². The Morgan fingerprint density at radius 3 is 1.62 bits per heavy atom. The smallest absolute Gasteiger partial charge is 0.307 e. The van der Waals surface area contributed by atoms with Gasteiger partial charge in [-0.05, 0) is 32.1 Å². The van der Waals surface area contributed by atoms with Gasteiger partial charge in [-0.15, -0.1) is 0 Å². The number of hydrogen-bond donors (Lipinski definition) is 1. The second-order valence-corrected chi connectivity index (χ2v) is 9.71. The second-order valence-electron chi connectivity index (χ2n) is 9.71. The third-order valence-electron chi connectivity index (χ3n) is 6.44. The van der Waals surface area contributed by atoms with Crippen molar-refractivity contribution in [2.75, 3.05) is 6.61 Å². The highest BCUT2D eigenvalue weighted by Gasteiger charge is 2.21. The zero-order chi connectivity index (χ0) is 25.1. The molecule has 0 aromatic heterocycles. The summed E-state index contributed by atoms with van der Waals surface area (Å²) >= 11 is 0. The second kappa shape index (κ2) is 26.0. The zero-order valence-electron chi connectivity index (χ0n) is 22.2.